The van der Waals surface area contributed by atoms with Crippen LogP contribution in [-0.4, -0.2) is 7.05 Å². The molecule has 0 fully saturated rings. The molecule has 4 heteroatoms. The first-order valence-corrected chi connectivity index (χ1v) is 7.77. The van der Waals surface area contributed by atoms with Crippen molar-refractivity contribution in [3.05, 3.63) is 66.9 Å². The van der Waals surface area contributed by atoms with E-state index in [1.807, 2.05) is 32.2 Å². The van der Waals surface area contributed by atoms with E-state index in [0.717, 1.165) is 24.7 Å². The van der Waals surface area contributed by atoms with Crippen LogP contribution in [0.4, 0.5) is 4.39 Å². The van der Waals surface area contributed by atoms with E-state index in [2.05, 4.69) is 49.9 Å². The van der Waals surface area contributed by atoms with Crippen LogP contribution in [0.1, 0.15) is 22.7 Å². The van der Waals surface area contributed by atoms with Gasteiger partial charge in [0.2, 0.25) is 0 Å². The third-order valence-corrected chi connectivity index (χ3v) is 4.35. The standard InChI is InChI=1S/C15H14BrFIN/c1-9-5-10(7-11(17)6-9)15(19-2)13-8-12(18)3-4-14(13)16/h3-8,15,19H,1-2H3. The zero-order chi connectivity index (χ0) is 14.0. The molecular weight excluding hydrogens is 420 g/mol. The Morgan fingerprint density at radius 3 is 2.58 bits per heavy atom. The molecule has 0 amide bonds. The maximum atomic E-state index is 13.6. The summed E-state index contributed by atoms with van der Waals surface area (Å²) in [6.45, 7) is 1.91. The van der Waals surface area contributed by atoms with Gasteiger partial charge < -0.3 is 5.32 Å². The van der Waals surface area contributed by atoms with Crippen molar-refractivity contribution in [2.24, 2.45) is 0 Å². The number of rotatable bonds is 3. The van der Waals surface area contributed by atoms with Gasteiger partial charge >= 0.3 is 0 Å². The molecule has 100 valence electrons. The van der Waals surface area contributed by atoms with Gasteiger partial charge in [0.25, 0.3) is 0 Å². The number of benzene rings is 2. The Bertz CT molecular complexity index is 580. The molecule has 0 spiro atoms. The lowest BCUT2D eigenvalue weighted by atomic mass is 9.97. The van der Waals surface area contributed by atoms with Crippen LogP contribution >= 0.6 is 38.5 Å². The van der Waals surface area contributed by atoms with Crippen LogP contribution in [0.15, 0.2) is 40.9 Å². The maximum absolute atomic E-state index is 13.6. The van der Waals surface area contributed by atoms with Crippen molar-refractivity contribution in [1.29, 1.82) is 0 Å². The molecule has 0 saturated carbocycles. The van der Waals surface area contributed by atoms with Crippen molar-refractivity contribution < 1.29 is 4.39 Å². The summed E-state index contributed by atoms with van der Waals surface area (Å²) in [5.41, 5.74) is 2.97. The Labute approximate surface area is 134 Å². The van der Waals surface area contributed by atoms with Gasteiger partial charge in [-0.3, -0.25) is 0 Å². The average molecular weight is 434 g/mol. The fourth-order valence-corrected chi connectivity index (χ4v) is 3.16. The summed E-state index contributed by atoms with van der Waals surface area (Å²) in [5.74, 6) is -0.197. The van der Waals surface area contributed by atoms with Gasteiger partial charge in [-0.15, -0.1) is 0 Å². The third kappa shape index (κ3) is 3.55. The highest BCUT2D eigenvalue weighted by Gasteiger charge is 2.16. The molecule has 0 aliphatic rings. The fraction of sp³-hybridized carbons (Fsp3) is 0.200. The van der Waals surface area contributed by atoms with E-state index in [-0.39, 0.29) is 11.9 Å². The second kappa shape index (κ2) is 6.33. The Morgan fingerprint density at radius 1 is 1.21 bits per heavy atom. The minimum Gasteiger partial charge on any atom is -0.309 e. The normalized spacial score (nSPS) is 12.5. The Hall–Kier alpha value is -0.460. The SMILES string of the molecule is CNC(c1cc(C)cc(F)c1)c1cc(I)ccc1Br. The molecule has 0 aliphatic carbocycles. The van der Waals surface area contributed by atoms with Gasteiger partial charge in [-0.1, -0.05) is 22.0 Å². The lowest BCUT2D eigenvalue weighted by Gasteiger charge is -2.19. The van der Waals surface area contributed by atoms with Crippen LogP contribution in [0.2, 0.25) is 0 Å². The Balaban J connectivity index is 2.52. The average Bonchev–Trinajstić information content (AvgIpc) is 2.33. The lowest BCUT2D eigenvalue weighted by Crippen LogP contribution is -2.18. The molecule has 2 rings (SSSR count). The third-order valence-electron chi connectivity index (χ3n) is 2.96. The summed E-state index contributed by atoms with van der Waals surface area (Å²) in [6.07, 6.45) is 0. The second-order valence-electron chi connectivity index (χ2n) is 4.45. The lowest BCUT2D eigenvalue weighted by molar-refractivity contribution is 0.615. The van der Waals surface area contributed by atoms with Crippen LogP contribution in [0.3, 0.4) is 0 Å². The quantitative estimate of drug-likeness (QED) is 0.685. The molecule has 2 aromatic carbocycles. The first kappa shape index (κ1) is 14.9. The first-order valence-electron chi connectivity index (χ1n) is 5.90. The molecule has 19 heavy (non-hydrogen) atoms. The first-order chi connectivity index (χ1) is 9.01. The smallest absolute Gasteiger partial charge is 0.123 e. The molecule has 0 aliphatic heterocycles. The molecule has 0 radical (unpaired) electrons. The number of nitrogens with one attached hydrogen (secondary N) is 1. The number of hydrogen-bond donors (Lipinski definition) is 1. The number of aryl methyl sites for hydroxylation is 1. The molecule has 1 N–H and O–H groups in total. The van der Waals surface area contributed by atoms with Crippen LogP contribution in [0.5, 0.6) is 0 Å². The summed E-state index contributed by atoms with van der Waals surface area (Å²) in [6, 6.07) is 11.3. The van der Waals surface area contributed by atoms with Gasteiger partial charge in [0.1, 0.15) is 5.82 Å². The molecule has 0 aromatic heterocycles. The monoisotopic (exact) mass is 433 g/mol. The van der Waals surface area contributed by atoms with Gasteiger partial charge in [0.05, 0.1) is 6.04 Å². The maximum Gasteiger partial charge on any atom is 0.123 e. The summed E-state index contributed by atoms with van der Waals surface area (Å²) < 4.78 is 15.8. The van der Waals surface area contributed by atoms with E-state index in [4.69, 9.17) is 0 Å². The predicted molar refractivity (Wildman–Crippen MR) is 88.9 cm³/mol. The van der Waals surface area contributed by atoms with Gasteiger partial charge in [-0.2, -0.15) is 0 Å². The van der Waals surface area contributed by atoms with Crippen LogP contribution in [0.25, 0.3) is 0 Å². The predicted octanol–water partition coefficient (Wildman–Crippen LogP) is 4.81. The zero-order valence-electron chi connectivity index (χ0n) is 10.7. The van der Waals surface area contributed by atoms with Gasteiger partial charge in [0.15, 0.2) is 0 Å². The topological polar surface area (TPSA) is 12.0 Å². The highest BCUT2D eigenvalue weighted by atomic mass is 127. The van der Waals surface area contributed by atoms with Crippen molar-refractivity contribution in [3.8, 4) is 0 Å². The minimum absolute atomic E-state index is 0.0292. The molecule has 0 heterocycles. The van der Waals surface area contributed by atoms with E-state index in [1.165, 1.54) is 0 Å². The summed E-state index contributed by atoms with van der Waals surface area (Å²) in [4.78, 5) is 0. The largest absolute Gasteiger partial charge is 0.309 e. The highest BCUT2D eigenvalue weighted by molar-refractivity contribution is 14.1. The number of halogens is 3. The van der Waals surface area contributed by atoms with Crippen molar-refractivity contribution in [1.82, 2.24) is 5.32 Å². The Morgan fingerprint density at radius 2 is 1.95 bits per heavy atom. The molecule has 2 aromatic rings. The summed E-state index contributed by atoms with van der Waals surface area (Å²) in [7, 11) is 1.89. The fourth-order valence-electron chi connectivity index (χ4n) is 2.17. The minimum atomic E-state index is -0.197. The molecule has 1 unspecified atom stereocenters. The van der Waals surface area contributed by atoms with Gasteiger partial charge in [0, 0.05) is 8.04 Å². The van der Waals surface area contributed by atoms with E-state index in [9.17, 15) is 4.39 Å². The van der Waals surface area contributed by atoms with Crippen LogP contribution in [0, 0.1) is 16.3 Å². The van der Waals surface area contributed by atoms with E-state index < -0.39 is 0 Å². The van der Waals surface area contributed by atoms with Crippen LogP contribution in [-0.2, 0) is 0 Å². The molecule has 0 saturated heterocycles. The van der Waals surface area contributed by atoms with Crippen molar-refractivity contribution in [2.45, 2.75) is 13.0 Å². The highest BCUT2D eigenvalue weighted by Crippen LogP contribution is 2.30. The zero-order valence-corrected chi connectivity index (χ0v) is 14.4. The van der Waals surface area contributed by atoms with E-state index >= 15 is 0 Å². The number of hydrogen-bond acceptors (Lipinski definition) is 1. The van der Waals surface area contributed by atoms with Crippen molar-refractivity contribution in [2.75, 3.05) is 7.05 Å². The van der Waals surface area contributed by atoms with Crippen molar-refractivity contribution in [3.63, 3.8) is 0 Å². The second-order valence-corrected chi connectivity index (χ2v) is 6.55. The summed E-state index contributed by atoms with van der Waals surface area (Å²) >= 11 is 5.85. The molecule has 0 bridgehead atoms. The molecule has 1 atom stereocenters. The van der Waals surface area contributed by atoms with Crippen LogP contribution < -0.4 is 5.32 Å². The molecule has 1 nitrogen and oxygen atoms in total. The molecular formula is C15H14BrFIN. The Kier molecular flexibility index (Phi) is 4.97. The summed E-state index contributed by atoms with van der Waals surface area (Å²) in [5, 5.41) is 3.26. The van der Waals surface area contributed by atoms with E-state index in [1.54, 1.807) is 12.1 Å². The van der Waals surface area contributed by atoms with Gasteiger partial charge in [-0.05, 0) is 83.6 Å². The van der Waals surface area contributed by atoms with Crippen molar-refractivity contribution >= 4 is 38.5 Å². The van der Waals surface area contributed by atoms with E-state index in [0.29, 0.717) is 0 Å². The van der Waals surface area contributed by atoms with Gasteiger partial charge in [-0.25, -0.2) is 4.39 Å².